The standard InChI is InChI=1S/C29H34F4N4O3S/c1-4-13-28(25(38)35-19(2)3)18-34-24(36-28)26-15-27(16-26,17-26)37(41(39,40)23-11-9-22(30)10-12-23)14-20-5-7-21(8-6-20)29(31,32)33/h5-12,19H,4,13-18H2,1-3H3,(H,34,36)(H,35,38). The number of carbonyl (C=O) groups is 1. The fourth-order valence-electron chi connectivity index (χ4n) is 6.49. The molecule has 0 saturated heterocycles. The van der Waals surface area contributed by atoms with Crippen LogP contribution in [0.25, 0.3) is 0 Å². The number of hydrogen-bond donors (Lipinski definition) is 2. The molecule has 1 heterocycles. The van der Waals surface area contributed by atoms with Crippen molar-refractivity contribution in [3.63, 3.8) is 0 Å². The topological polar surface area (TPSA) is 90.9 Å². The van der Waals surface area contributed by atoms with Gasteiger partial charge >= 0.3 is 6.18 Å². The van der Waals surface area contributed by atoms with Crippen LogP contribution in [0.2, 0.25) is 0 Å². The van der Waals surface area contributed by atoms with E-state index in [0.29, 0.717) is 43.6 Å². The Labute approximate surface area is 237 Å². The van der Waals surface area contributed by atoms with E-state index in [1.54, 1.807) is 0 Å². The average Bonchev–Trinajstić information content (AvgIpc) is 3.27. The minimum atomic E-state index is -4.51. The van der Waals surface area contributed by atoms with E-state index in [2.05, 4.69) is 10.6 Å². The minimum Gasteiger partial charge on any atom is -0.358 e. The summed E-state index contributed by atoms with van der Waals surface area (Å²) in [6.07, 6.45) is -1.76. The highest BCUT2D eigenvalue weighted by Gasteiger charge is 2.75. The number of halogens is 4. The van der Waals surface area contributed by atoms with Crippen LogP contribution in [0.3, 0.4) is 0 Å². The minimum absolute atomic E-state index is 0.0317. The molecule has 1 amide bonds. The zero-order valence-corrected chi connectivity index (χ0v) is 24.0. The third-order valence-corrected chi connectivity index (χ3v) is 10.4. The van der Waals surface area contributed by atoms with Crippen LogP contribution in [0.1, 0.15) is 64.0 Å². The Morgan fingerprint density at radius 3 is 2.22 bits per heavy atom. The molecule has 12 heteroatoms. The number of benzene rings is 2. The SMILES string of the molecule is CCCC1(C(=O)NC(C)C)CN=C(C23CC(N(Cc4ccc(C(F)(F)F)cc4)S(=O)(=O)c4ccc(F)cc4)(C2)C3)N1. The fraction of sp³-hybridized carbons (Fsp3) is 0.517. The van der Waals surface area contributed by atoms with Gasteiger partial charge in [-0.3, -0.25) is 9.79 Å². The van der Waals surface area contributed by atoms with Crippen LogP contribution in [0.4, 0.5) is 17.6 Å². The quantitative estimate of drug-likeness (QED) is 0.378. The second-order valence-corrected chi connectivity index (χ2v) is 13.8. The normalized spacial score (nSPS) is 27.2. The first kappa shape index (κ1) is 29.5. The number of carbonyl (C=O) groups excluding carboxylic acids is 1. The molecule has 2 aromatic rings. The van der Waals surface area contributed by atoms with Gasteiger partial charge in [-0.15, -0.1) is 0 Å². The molecule has 7 nitrogen and oxygen atoms in total. The molecular formula is C29H34F4N4O3S. The summed E-state index contributed by atoms with van der Waals surface area (Å²) >= 11 is 0. The summed E-state index contributed by atoms with van der Waals surface area (Å²) in [5.41, 5.74) is -2.43. The van der Waals surface area contributed by atoms with Crippen LogP contribution in [-0.4, -0.2) is 48.1 Å². The second kappa shape index (κ2) is 10.1. The van der Waals surface area contributed by atoms with Crippen LogP contribution in [0.15, 0.2) is 58.4 Å². The van der Waals surface area contributed by atoms with Crippen molar-refractivity contribution in [1.82, 2.24) is 14.9 Å². The number of rotatable bonds is 10. The largest absolute Gasteiger partial charge is 0.416 e. The molecule has 0 radical (unpaired) electrons. The molecule has 3 fully saturated rings. The molecule has 3 saturated carbocycles. The fourth-order valence-corrected chi connectivity index (χ4v) is 8.24. The van der Waals surface area contributed by atoms with Crippen LogP contribution in [-0.2, 0) is 27.5 Å². The lowest BCUT2D eigenvalue weighted by molar-refractivity contribution is -0.151. The van der Waals surface area contributed by atoms with Gasteiger partial charge in [-0.2, -0.15) is 17.5 Å². The van der Waals surface area contributed by atoms with E-state index in [9.17, 15) is 30.8 Å². The van der Waals surface area contributed by atoms with Gasteiger partial charge in [0.15, 0.2) is 0 Å². The average molecular weight is 595 g/mol. The van der Waals surface area contributed by atoms with Gasteiger partial charge in [0, 0.05) is 23.5 Å². The van der Waals surface area contributed by atoms with Crippen LogP contribution in [0.5, 0.6) is 0 Å². The maximum atomic E-state index is 13.9. The van der Waals surface area contributed by atoms with Crippen molar-refractivity contribution < 1.29 is 30.8 Å². The molecule has 0 spiro atoms. The van der Waals surface area contributed by atoms with E-state index in [1.807, 2.05) is 20.8 Å². The third kappa shape index (κ3) is 5.13. The first-order valence-corrected chi connectivity index (χ1v) is 15.2. The van der Waals surface area contributed by atoms with Crippen LogP contribution < -0.4 is 10.6 Å². The van der Waals surface area contributed by atoms with Gasteiger partial charge in [-0.1, -0.05) is 25.5 Å². The van der Waals surface area contributed by atoms with Gasteiger partial charge < -0.3 is 10.6 Å². The van der Waals surface area contributed by atoms with Gasteiger partial charge in [-0.05, 0) is 81.5 Å². The van der Waals surface area contributed by atoms with Crippen molar-refractivity contribution in [2.75, 3.05) is 6.54 Å². The predicted molar refractivity (Wildman–Crippen MR) is 146 cm³/mol. The summed E-state index contributed by atoms with van der Waals surface area (Å²) < 4.78 is 82.0. The highest BCUT2D eigenvalue weighted by molar-refractivity contribution is 7.89. The monoisotopic (exact) mass is 594 g/mol. The molecule has 2 aromatic carbocycles. The van der Waals surface area contributed by atoms with Crippen LogP contribution >= 0.6 is 0 Å². The number of nitrogens with one attached hydrogen (secondary N) is 2. The zero-order chi connectivity index (χ0) is 29.8. The molecule has 2 N–H and O–H groups in total. The summed E-state index contributed by atoms with van der Waals surface area (Å²) in [5, 5.41) is 6.40. The lowest BCUT2D eigenvalue weighted by atomic mass is 9.38. The van der Waals surface area contributed by atoms with E-state index < -0.39 is 44.1 Å². The molecule has 222 valence electrons. The Morgan fingerprint density at radius 1 is 1.07 bits per heavy atom. The van der Waals surface area contributed by atoms with Gasteiger partial charge in [0.05, 0.1) is 17.0 Å². The Hall–Kier alpha value is -2.99. The smallest absolute Gasteiger partial charge is 0.358 e. The number of amides is 1. The van der Waals surface area contributed by atoms with Crippen molar-refractivity contribution in [2.45, 2.75) is 87.6 Å². The van der Waals surface area contributed by atoms with E-state index >= 15 is 0 Å². The maximum Gasteiger partial charge on any atom is 0.416 e. The Kier molecular flexibility index (Phi) is 7.25. The highest BCUT2D eigenvalue weighted by atomic mass is 32.2. The summed E-state index contributed by atoms with van der Waals surface area (Å²) in [6, 6.07) is 8.94. The Bertz CT molecular complexity index is 1440. The number of sulfonamides is 1. The first-order valence-electron chi connectivity index (χ1n) is 13.7. The lowest BCUT2D eigenvalue weighted by Gasteiger charge is -2.73. The van der Waals surface area contributed by atoms with Crippen molar-refractivity contribution in [3.05, 3.63) is 65.5 Å². The zero-order valence-electron chi connectivity index (χ0n) is 23.2. The predicted octanol–water partition coefficient (Wildman–Crippen LogP) is 5.02. The molecule has 41 heavy (non-hydrogen) atoms. The molecule has 1 unspecified atom stereocenters. The number of nitrogens with zero attached hydrogens (tertiary/aromatic N) is 2. The number of amidine groups is 1. The third-order valence-electron chi connectivity index (χ3n) is 8.44. The van der Waals surface area contributed by atoms with Gasteiger partial charge in [0.1, 0.15) is 17.2 Å². The summed E-state index contributed by atoms with van der Waals surface area (Å²) in [4.78, 5) is 17.7. The second-order valence-electron chi connectivity index (χ2n) is 11.9. The maximum absolute atomic E-state index is 13.9. The van der Waals surface area contributed by atoms with Crippen molar-refractivity contribution in [1.29, 1.82) is 0 Å². The van der Waals surface area contributed by atoms with Crippen molar-refractivity contribution >= 4 is 21.8 Å². The summed E-state index contributed by atoms with van der Waals surface area (Å²) in [5.74, 6) is 0.0164. The molecule has 6 rings (SSSR count). The molecule has 1 atom stereocenters. The Morgan fingerprint density at radius 2 is 1.68 bits per heavy atom. The van der Waals surface area contributed by atoms with E-state index in [4.69, 9.17) is 4.99 Å². The van der Waals surface area contributed by atoms with E-state index in [0.717, 1.165) is 30.7 Å². The molecule has 2 bridgehead atoms. The molecule has 1 aliphatic heterocycles. The van der Waals surface area contributed by atoms with Crippen molar-refractivity contribution in [3.8, 4) is 0 Å². The number of alkyl halides is 3. The number of aliphatic imine (C=N–C) groups is 1. The molecule has 4 aliphatic rings. The molecule has 3 aliphatic carbocycles. The van der Waals surface area contributed by atoms with E-state index in [1.165, 1.54) is 28.6 Å². The molecule has 0 aromatic heterocycles. The van der Waals surface area contributed by atoms with Gasteiger partial charge in [0.2, 0.25) is 15.9 Å². The first-order chi connectivity index (χ1) is 19.1. The highest BCUT2D eigenvalue weighted by Crippen LogP contribution is 2.71. The van der Waals surface area contributed by atoms with Gasteiger partial charge in [0.25, 0.3) is 0 Å². The van der Waals surface area contributed by atoms with Crippen molar-refractivity contribution in [2.24, 2.45) is 10.4 Å². The van der Waals surface area contributed by atoms with Gasteiger partial charge in [-0.25, -0.2) is 12.8 Å². The number of hydrogen-bond acceptors (Lipinski definition) is 5. The molecular weight excluding hydrogens is 560 g/mol. The summed E-state index contributed by atoms with van der Waals surface area (Å²) in [6.45, 7) is 5.95. The van der Waals surface area contributed by atoms with E-state index in [-0.39, 0.29) is 23.4 Å². The summed E-state index contributed by atoms with van der Waals surface area (Å²) in [7, 11) is -4.12. The lowest BCUT2D eigenvalue weighted by Crippen LogP contribution is -2.79. The van der Waals surface area contributed by atoms with Crippen LogP contribution in [0, 0.1) is 11.2 Å². The Balaban J connectivity index is 1.39.